The van der Waals surface area contributed by atoms with Gasteiger partial charge in [-0.05, 0) is 62.1 Å². The van der Waals surface area contributed by atoms with E-state index in [2.05, 4.69) is 9.44 Å². The second kappa shape index (κ2) is 6.44. The summed E-state index contributed by atoms with van der Waals surface area (Å²) in [6.45, 7) is 3.72. The van der Waals surface area contributed by atoms with Gasteiger partial charge in [-0.2, -0.15) is 0 Å². The van der Waals surface area contributed by atoms with Crippen molar-refractivity contribution < 1.29 is 16.8 Å². The van der Waals surface area contributed by atoms with E-state index in [0.717, 1.165) is 24.0 Å². The van der Waals surface area contributed by atoms with E-state index in [9.17, 15) is 16.8 Å². The van der Waals surface area contributed by atoms with Crippen LogP contribution in [-0.4, -0.2) is 22.9 Å². The first-order chi connectivity index (χ1) is 11.7. The van der Waals surface area contributed by atoms with Crippen LogP contribution in [0.2, 0.25) is 0 Å². The minimum absolute atomic E-state index is 0.0432. The number of anilines is 1. The average molecular weight is 380 g/mol. The number of hydrogen-bond acceptors (Lipinski definition) is 4. The Kier molecular flexibility index (Phi) is 4.61. The van der Waals surface area contributed by atoms with E-state index in [4.69, 9.17) is 0 Å². The molecule has 0 heterocycles. The Labute approximate surface area is 148 Å². The second-order valence-electron chi connectivity index (χ2n) is 6.22. The lowest BCUT2D eigenvalue weighted by molar-refractivity contribution is 0.580. The third-order valence-electron chi connectivity index (χ3n) is 4.17. The van der Waals surface area contributed by atoms with Gasteiger partial charge in [0.25, 0.3) is 10.0 Å². The molecule has 3 rings (SSSR count). The SMILES string of the molecule is Cc1cccc(NS(=O)(=O)c2cccc(S(=O)(=O)NC3CC3)c2)c1C. The Balaban J connectivity index is 1.92. The summed E-state index contributed by atoms with van der Waals surface area (Å²) < 4.78 is 55.0. The van der Waals surface area contributed by atoms with Gasteiger partial charge in [-0.15, -0.1) is 0 Å². The number of hydrogen-bond donors (Lipinski definition) is 2. The Bertz CT molecular complexity index is 1010. The van der Waals surface area contributed by atoms with Gasteiger partial charge in [-0.1, -0.05) is 18.2 Å². The molecule has 2 aromatic rings. The lowest BCUT2D eigenvalue weighted by atomic mass is 10.1. The minimum Gasteiger partial charge on any atom is -0.279 e. The largest absolute Gasteiger partial charge is 0.279 e. The number of aryl methyl sites for hydroxylation is 1. The van der Waals surface area contributed by atoms with Crippen molar-refractivity contribution in [2.45, 2.75) is 42.5 Å². The zero-order valence-electron chi connectivity index (χ0n) is 14.0. The van der Waals surface area contributed by atoms with Crippen molar-refractivity contribution in [1.29, 1.82) is 0 Å². The first-order valence-corrected chi connectivity index (χ1v) is 10.9. The molecule has 0 atom stereocenters. The summed E-state index contributed by atoms with van der Waals surface area (Å²) in [5.74, 6) is 0. The number of rotatable bonds is 6. The van der Waals surface area contributed by atoms with Crippen LogP contribution >= 0.6 is 0 Å². The third kappa shape index (κ3) is 4.02. The van der Waals surface area contributed by atoms with Gasteiger partial charge < -0.3 is 0 Å². The zero-order chi connectivity index (χ0) is 18.2. The van der Waals surface area contributed by atoms with E-state index in [1.54, 1.807) is 12.1 Å². The van der Waals surface area contributed by atoms with Crippen molar-refractivity contribution in [2.24, 2.45) is 0 Å². The van der Waals surface area contributed by atoms with Crippen molar-refractivity contribution in [2.75, 3.05) is 4.72 Å². The highest BCUT2D eigenvalue weighted by Gasteiger charge is 2.28. The van der Waals surface area contributed by atoms with Crippen LogP contribution in [0.1, 0.15) is 24.0 Å². The quantitative estimate of drug-likeness (QED) is 0.805. The Morgan fingerprint density at radius 2 is 1.48 bits per heavy atom. The van der Waals surface area contributed by atoms with Crippen molar-refractivity contribution >= 4 is 25.7 Å². The summed E-state index contributed by atoms with van der Waals surface area (Å²) in [6.07, 6.45) is 1.62. The molecular weight excluding hydrogens is 360 g/mol. The van der Waals surface area contributed by atoms with Gasteiger partial charge in [0.1, 0.15) is 0 Å². The Hall–Kier alpha value is -1.90. The molecule has 2 N–H and O–H groups in total. The molecule has 1 saturated carbocycles. The third-order valence-corrected chi connectivity index (χ3v) is 7.06. The fraction of sp³-hybridized carbons (Fsp3) is 0.294. The molecule has 25 heavy (non-hydrogen) atoms. The summed E-state index contributed by atoms with van der Waals surface area (Å²) >= 11 is 0. The van der Waals surface area contributed by atoms with Crippen LogP contribution in [0, 0.1) is 13.8 Å². The molecule has 134 valence electrons. The highest BCUT2D eigenvalue weighted by Crippen LogP contribution is 2.25. The summed E-state index contributed by atoms with van der Waals surface area (Å²) in [7, 11) is -7.60. The van der Waals surface area contributed by atoms with Crippen molar-refractivity contribution in [3.05, 3.63) is 53.6 Å². The molecule has 0 bridgehead atoms. The molecule has 2 aromatic carbocycles. The molecular formula is C17H20N2O4S2. The predicted molar refractivity (Wildman–Crippen MR) is 96.5 cm³/mol. The molecule has 0 aromatic heterocycles. The fourth-order valence-corrected chi connectivity index (χ4v) is 4.96. The number of nitrogens with one attached hydrogen (secondary N) is 2. The van der Waals surface area contributed by atoms with Gasteiger partial charge in [0.15, 0.2) is 0 Å². The topological polar surface area (TPSA) is 92.3 Å². The molecule has 1 fully saturated rings. The highest BCUT2D eigenvalue weighted by atomic mass is 32.2. The summed E-state index contributed by atoms with van der Waals surface area (Å²) in [6, 6.07) is 10.7. The van der Waals surface area contributed by atoms with Gasteiger partial charge in [-0.3, -0.25) is 4.72 Å². The number of sulfonamides is 2. The maximum Gasteiger partial charge on any atom is 0.261 e. The molecule has 0 aliphatic heterocycles. The average Bonchev–Trinajstić information content (AvgIpc) is 3.35. The van der Waals surface area contributed by atoms with E-state index < -0.39 is 20.0 Å². The smallest absolute Gasteiger partial charge is 0.261 e. The van der Waals surface area contributed by atoms with Crippen molar-refractivity contribution in [1.82, 2.24) is 4.72 Å². The Morgan fingerprint density at radius 1 is 0.880 bits per heavy atom. The maximum atomic E-state index is 12.7. The maximum absolute atomic E-state index is 12.7. The van der Waals surface area contributed by atoms with Crippen molar-refractivity contribution in [3.63, 3.8) is 0 Å². The van der Waals surface area contributed by atoms with Crippen LogP contribution in [0.3, 0.4) is 0 Å². The predicted octanol–water partition coefficient (Wildman–Crippen LogP) is 2.54. The Morgan fingerprint density at radius 3 is 2.12 bits per heavy atom. The molecule has 8 heteroatoms. The second-order valence-corrected chi connectivity index (χ2v) is 9.62. The van der Waals surface area contributed by atoms with E-state index >= 15 is 0 Å². The zero-order valence-corrected chi connectivity index (χ0v) is 15.6. The van der Waals surface area contributed by atoms with Gasteiger partial charge in [-0.25, -0.2) is 21.6 Å². The molecule has 0 unspecified atom stereocenters. The van der Waals surface area contributed by atoms with Crippen LogP contribution in [-0.2, 0) is 20.0 Å². The van der Waals surface area contributed by atoms with Gasteiger partial charge >= 0.3 is 0 Å². The lowest BCUT2D eigenvalue weighted by Gasteiger charge is -2.13. The van der Waals surface area contributed by atoms with Crippen molar-refractivity contribution in [3.8, 4) is 0 Å². The molecule has 0 amide bonds. The standard InChI is InChI=1S/C17H20N2O4S2/c1-12-5-3-8-17(13(12)2)19-25(22,23)16-7-4-6-15(11-16)24(20,21)18-14-9-10-14/h3-8,11,14,18-19H,9-10H2,1-2H3. The van der Waals surface area contributed by atoms with Gasteiger partial charge in [0.05, 0.1) is 15.5 Å². The van der Waals surface area contributed by atoms with Crippen LogP contribution in [0.5, 0.6) is 0 Å². The van der Waals surface area contributed by atoms with E-state index in [1.807, 2.05) is 19.9 Å². The highest BCUT2D eigenvalue weighted by molar-refractivity contribution is 7.93. The summed E-state index contributed by atoms with van der Waals surface area (Å²) in [5.41, 5.74) is 2.26. The molecule has 0 spiro atoms. The van der Waals surface area contributed by atoms with Crippen LogP contribution < -0.4 is 9.44 Å². The molecule has 0 saturated heterocycles. The molecule has 1 aliphatic carbocycles. The first kappa shape index (κ1) is 17.9. The normalized spacial score (nSPS) is 15.1. The van der Waals surface area contributed by atoms with Gasteiger partial charge in [0.2, 0.25) is 10.0 Å². The monoisotopic (exact) mass is 380 g/mol. The first-order valence-electron chi connectivity index (χ1n) is 7.90. The van der Waals surface area contributed by atoms with Gasteiger partial charge in [0, 0.05) is 6.04 Å². The molecule has 1 aliphatic rings. The molecule has 0 radical (unpaired) electrons. The summed E-state index contributed by atoms with van der Waals surface area (Å²) in [4.78, 5) is -0.143. The molecule has 6 nitrogen and oxygen atoms in total. The van der Waals surface area contributed by atoms with E-state index in [-0.39, 0.29) is 15.8 Å². The lowest BCUT2D eigenvalue weighted by Crippen LogP contribution is -2.26. The van der Waals surface area contributed by atoms with Crippen LogP contribution in [0.25, 0.3) is 0 Å². The number of benzene rings is 2. The van der Waals surface area contributed by atoms with E-state index in [0.29, 0.717) is 5.69 Å². The summed E-state index contributed by atoms with van der Waals surface area (Å²) in [5, 5.41) is 0. The van der Waals surface area contributed by atoms with Crippen LogP contribution in [0.15, 0.2) is 52.3 Å². The fourth-order valence-electron chi connectivity index (χ4n) is 2.36. The minimum atomic E-state index is -3.89. The van der Waals surface area contributed by atoms with Crippen LogP contribution in [0.4, 0.5) is 5.69 Å². The van der Waals surface area contributed by atoms with E-state index in [1.165, 1.54) is 24.3 Å².